The van der Waals surface area contributed by atoms with E-state index in [0.717, 1.165) is 35.5 Å². The summed E-state index contributed by atoms with van der Waals surface area (Å²) in [5.41, 5.74) is 2.21. The molecule has 1 saturated heterocycles. The molecule has 2 N–H and O–H groups in total. The average Bonchev–Trinajstić information content (AvgIpc) is 3.50. The molecule has 2 amide bonds. The zero-order valence-corrected chi connectivity index (χ0v) is 20.6. The van der Waals surface area contributed by atoms with Crippen LogP contribution in [0.1, 0.15) is 29.8 Å². The van der Waals surface area contributed by atoms with Crippen molar-refractivity contribution in [1.82, 2.24) is 30.4 Å². The first-order valence-electron chi connectivity index (χ1n) is 12.0. The van der Waals surface area contributed by atoms with Gasteiger partial charge in [0, 0.05) is 26.1 Å². The molecule has 0 bridgehead atoms. The Morgan fingerprint density at radius 1 is 1.09 bits per heavy atom. The number of thioether (sulfide) groups is 1. The van der Waals surface area contributed by atoms with Gasteiger partial charge in [-0.05, 0) is 29.7 Å². The SMILES string of the molecule is O=C1N(Cc2ccccc2)C[C@H](C=CC(O)Cc2ccccc2)N1CCCCSCc1nn[nH]n1. The molecule has 0 saturated carbocycles. The predicted octanol–water partition coefficient (Wildman–Crippen LogP) is 3.68. The van der Waals surface area contributed by atoms with Gasteiger partial charge in [-0.15, -0.1) is 10.2 Å². The zero-order valence-electron chi connectivity index (χ0n) is 19.7. The molecule has 1 unspecified atom stereocenters. The fourth-order valence-electron chi connectivity index (χ4n) is 4.16. The quantitative estimate of drug-likeness (QED) is 0.279. The topological polar surface area (TPSA) is 98.2 Å². The number of aromatic amines is 1. The summed E-state index contributed by atoms with van der Waals surface area (Å²) in [4.78, 5) is 17.1. The second-order valence-corrected chi connectivity index (χ2v) is 9.74. The minimum Gasteiger partial charge on any atom is -0.389 e. The Balaban J connectivity index is 1.32. The van der Waals surface area contributed by atoms with Crippen LogP contribution < -0.4 is 0 Å². The third-order valence-electron chi connectivity index (χ3n) is 5.94. The molecular formula is C26H32N6O2S. The Kier molecular flexibility index (Phi) is 9.31. The van der Waals surface area contributed by atoms with Gasteiger partial charge >= 0.3 is 6.03 Å². The van der Waals surface area contributed by atoms with Gasteiger partial charge < -0.3 is 14.9 Å². The highest BCUT2D eigenvalue weighted by Gasteiger charge is 2.35. The molecular weight excluding hydrogens is 460 g/mol. The number of carbonyl (C=O) groups is 1. The van der Waals surface area contributed by atoms with E-state index in [1.165, 1.54) is 0 Å². The van der Waals surface area contributed by atoms with Crippen LogP contribution in [-0.2, 0) is 18.7 Å². The second kappa shape index (κ2) is 13.1. The molecule has 35 heavy (non-hydrogen) atoms. The Morgan fingerprint density at radius 3 is 2.54 bits per heavy atom. The van der Waals surface area contributed by atoms with E-state index in [4.69, 9.17) is 0 Å². The lowest BCUT2D eigenvalue weighted by atomic mass is 10.1. The highest BCUT2D eigenvalue weighted by molar-refractivity contribution is 7.98. The van der Waals surface area contributed by atoms with E-state index in [1.807, 2.05) is 82.6 Å². The molecule has 9 heteroatoms. The Labute approximate surface area is 210 Å². The number of hydrogen-bond donors (Lipinski definition) is 2. The number of aromatic nitrogens is 4. The van der Waals surface area contributed by atoms with Crippen molar-refractivity contribution in [2.45, 2.75) is 43.7 Å². The molecule has 2 aromatic carbocycles. The highest BCUT2D eigenvalue weighted by atomic mass is 32.2. The number of benzene rings is 2. The summed E-state index contributed by atoms with van der Waals surface area (Å²) in [6.45, 7) is 1.90. The summed E-state index contributed by atoms with van der Waals surface area (Å²) >= 11 is 1.77. The number of hydrogen-bond acceptors (Lipinski definition) is 6. The van der Waals surface area contributed by atoms with Crippen molar-refractivity contribution in [1.29, 1.82) is 0 Å². The Hall–Kier alpha value is -3.17. The third kappa shape index (κ3) is 7.66. The van der Waals surface area contributed by atoms with Gasteiger partial charge in [0.25, 0.3) is 0 Å². The number of nitrogens with one attached hydrogen (secondary N) is 1. The van der Waals surface area contributed by atoms with Gasteiger partial charge in [0.2, 0.25) is 0 Å². The zero-order chi connectivity index (χ0) is 24.3. The highest BCUT2D eigenvalue weighted by Crippen LogP contribution is 2.21. The summed E-state index contributed by atoms with van der Waals surface area (Å²) in [5, 5.41) is 24.5. The maximum atomic E-state index is 13.3. The van der Waals surface area contributed by atoms with Crippen LogP contribution in [0.15, 0.2) is 72.8 Å². The molecule has 2 heterocycles. The normalized spacial score (nSPS) is 16.9. The molecule has 2 atom stereocenters. The maximum absolute atomic E-state index is 13.3. The van der Waals surface area contributed by atoms with Crippen LogP contribution >= 0.6 is 11.8 Å². The van der Waals surface area contributed by atoms with Crippen molar-refractivity contribution in [3.8, 4) is 0 Å². The Morgan fingerprint density at radius 2 is 1.83 bits per heavy atom. The van der Waals surface area contributed by atoms with E-state index in [1.54, 1.807) is 11.8 Å². The summed E-state index contributed by atoms with van der Waals surface area (Å²) in [5.74, 6) is 2.41. The number of rotatable bonds is 13. The predicted molar refractivity (Wildman–Crippen MR) is 138 cm³/mol. The minimum absolute atomic E-state index is 0.0522. The molecule has 8 nitrogen and oxygen atoms in total. The standard InChI is InChI=1S/C26H32N6O2S/c33-24(17-21-9-3-1-4-10-21)14-13-23-19-31(18-22-11-5-2-6-12-22)26(34)32(23)15-7-8-16-35-20-25-27-29-30-28-25/h1-6,9-14,23-24,33H,7-8,15-20H2,(H,27,28,29,30)/t23-,24?/m0/s1. The van der Waals surface area contributed by atoms with Gasteiger partial charge in [0.15, 0.2) is 5.82 Å². The number of amides is 2. The van der Waals surface area contributed by atoms with E-state index < -0.39 is 6.10 Å². The minimum atomic E-state index is -0.584. The first-order valence-corrected chi connectivity index (χ1v) is 13.1. The first-order chi connectivity index (χ1) is 17.2. The number of aliphatic hydroxyl groups is 1. The largest absolute Gasteiger partial charge is 0.389 e. The molecule has 184 valence electrons. The van der Waals surface area contributed by atoms with E-state index in [-0.39, 0.29) is 12.1 Å². The van der Waals surface area contributed by atoms with Crippen molar-refractivity contribution in [2.24, 2.45) is 0 Å². The van der Waals surface area contributed by atoms with Crippen LogP contribution in [0.25, 0.3) is 0 Å². The monoisotopic (exact) mass is 492 g/mol. The van der Waals surface area contributed by atoms with Gasteiger partial charge in [-0.2, -0.15) is 17.0 Å². The van der Waals surface area contributed by atoms with Crippen LogP contribution in [-0.4, -0.2) is 72.5 Å². The number of aliphatic hydroxyl groups excluding tert-OH is 1. The van der Waals surface area contributed by atoms with E-state index in [9.17, 15) is 9.90 Å². The molecule has 3 aromatic rings. The summed E-state index contributed by atoms with van der Waals surface area (Å²) < 4.78 is 0. The van der Waals surface area contributed by atoms with Crippen LogP contribution in [0.2, 0.25) is 0 Å². The molecule has 0 radical (unpaired) electrons. The van der Waals surface area contributed by atoms with Gasteiger partial charge in [0.1, 0.15) is 0 Å². The number of nitrogens with zero attached hydrogens (tertiary/aromatic N) is 5. The van der Waals surface area contributed by atoms with Crippen molar-refractivity contribution >= 4 is 17.8 Å². The van der Waals surface area contributed by atoms with Crippen molar-refractivity contribution < 1.29 is 9.90 Å². The van der Waals surface area contributed by atoms with Crippen LogP contribution in [0.3, 0.4) is 0 Å². The van der Waals surface area contributed by atoms with Crippen LogP contribution in [0.5, 0.6) is 0 Å². The molecule has 1 aromatic heterocycles. The number of urea groups is 1. The number of carbonyl (C=O) groups excluding carboxylic acids is 1. The van der Waals surface area contributed by atoms with Crippen molar-refractivity contribution in [3.63, 3.8) is 0 Å². The molecule has 0 aliphatic carbocycles. The Bertz CT molecular complexity index is 1050. The molecule has 4 rings (SSSR count). The van der Waals surface area contributed by atoms with E-state index in [2.05, 4.69) is 20.6 Å². The summed E-state index contributed by atoms with van der Waals surface area (Å²) in [6.07, 6.45) is 5.73. The maximum Gasteiger partial charge on any atom is 0.320 e. The number of tetrazole rings is 1. The van der Waals surface area contributed by atoms with Gasteiger partial charge in [-0.25, -0.2) is 4.79 Å². The lowest BCUT2D eigenvalue weighted by molar-refractivity contribution is 0.187. The number of H-pyrrole nitrogens is 1. The van der Waals surface area contributed by atoms with Gasteiger partial charge in [-0.1, -0.05) is 78.0 Å². The van der Waals surface area contributed by atoms with Crippen molar-refractivity contribution in [2.75, 3.05) is 18.8 Å². The van der Waals surface area contributed by atoms with Crippen LogP contribution in [0.4, 0.5) is 4.79 Å². The third-order valence-corrected chi connectivity index (χ3v) is 6.98. The van der Waals surface area contributed by atoms with Gasteiger partial charge in [0.05, 0.1) is 17.9 Å². The van der Waals surface area contributed by atoms with Crippen LogP contribution in [0, 0.1) is 0 Å². The first kappa shape index (κ1) is 24.9. The van der Waals surface area contributed by atoms with Gasteiger partial charge in [-0.3, -0.25) is 0 Å². The van der Waals surface area contributed by atoms with Crippen molar-refractivity contribution in [3.05, 3.63) is 89.8 Å². The fraction of sp³-hybridized carbons (Fsp3) is 0.385. The number of unbranched alkanes of at least 4 members (excludes halogenated alkanes) is 1. The molecule has 1 aliphatic heterocycles. The van der Waals surface area contributed by atoms with E-state index >= 15 is 0 Å². The average molecular weight is 493 g/mol. The molecule has 0 spiro atoms. The molecule has 1 fully saturated rings. The summed E-state index contributed by atoms with van der Waals surface area (Å²) in [6, 6.07) is 20.0. The lowest BCUT2D eigenvalue weighted by Gasteiger charge is -2.21. The lowest BCUT2D eigenvalue weighted by Crippen LogP contribution is -2.35. The second-order valence-electron chi connectivity index (χ2n) is 8.64. The summed E-state index contributed by atoms with van der Waals surface area (Å²) in [7, 11) is 0. The van der Waals surface area contributed by atoms with E-state index in [0.29, 0.717) is 31.9 Å². The molecule has 1 aliphatic rings. The fourth-order valence-corrected chi connectivity index (χ4v) is 5.02. The smallest absolute Gasteiger partial charge is 0.320 e.